The Hall–Kier alpha value is -1.07. The van der Waals surface area contributed by atoms with Crippen molar-refractivity contribution in [3.05, 3.63) is 24.5 Å². The number of hydrogen-bond acceptors (Lipinski definition) is 4. The van der Waals surface area contributed by atoms with Crippen LogP contribution in [0.3, 0.4) is 0 Å². The number of carbonyl (C=O) groups excluding carboxylic acids is 1. The molecule has 2 heterocycles. The van der Waals surface area contributed by atoms with E-state index in [-0.39, 0.29) is 5.91 Å². The Morgan fingerprint density at radius 3 is 3.05 bits per heavy atom. The van der Waals surface area contributed by atoms with Gasteiger partial charge in [-0.25, -0.2) is 0 Å². The molecule has 1 aromatic rings. The Balaban J connectivity index is 1.57. The van der Waals surface area contributed by atoms with Crippen LogP contribution in [0.4, 0.5) is 0 Å². The monoisotopic (exact) mass is 279 g/mol. The first kappa shape index (κ1) is 14.3. The molecule has 2 N–H and O–H groups in total. The summed E-state index contributed by atoms with van der Waals surface area (Å²) in [4.78, 5) is 16.7. The third kappa shape index (κ3) is 5.61. The third-order valence-electron chi connectivity index (χ3n) is 3.29. The van der Waals surface area contributed by atoms with Gasteiger partial charge in [-0.1, -0.05) is 0 Å². The minimum Gasteiger partial charge on any atom is -0.355 e. The number of thioether (sulfide) groups is 1. The quantitative estimate of drug-likeness (QED) is 0.778. The Morgan fingerprint density at radius 2 is 2.32 bits per heavy atom. The average molecular weight is 279 g/mol. The summed E-state index contributed by atoms with van der Waals surface area (Å²) < 4.78 is 0. The van der Waals surface area contributed by atoms with Crippen molar-refractivity contribution in [2.75, 3.05) is 25.4 Å². The van der Waals surface area contributed by atoms with Crippen LogP contribution in [-0.2, 0) is 4.79 Å². The number of rotatable bonds is 6. The molecule has 104 valence electrons. The number of pyridine rings is 1. The number of nitrogens with zero attached hydrogens (tertiary/aromatic N) is 1. The summed E-state index contributed by atoms with van der Waals surface area (Å²) in [6.45, 7) is 3.04. The van der Waals surface area contributed by atoms with Crippen molar-refractivity contribution in [2.45, 2.75) is 24.2 Å². The molecule has 0 spiro atoms. The molecule has 5 heteroatoms. The van der Waals surface area contributed by atoms with E-state index in [0.717, 1.165) is 36.9 Å². The molecule has 1 aliphatic heterocycles. The highest BCUT2D eigenvalue weighted by Crippen LogP contribution is 2.16. The molecule has 1 aliphatic rings. The Bertz CT molecular complexity index is 380. The van der Waals surface area contributed by atoms with Crippen molar-refractivity contribution in [1.29, 1.82) is 0 Å². The first-order valence-corrected chi connectivity index (χ1v) is 7.83. The van der Waals surface area contributed by atoms with Crippen molar-refractivity contribution in [3.63, 3.8) is 0 Å². The van der Waals surface area contributed by atoms with Gasteiger partial charge in [0.05, 0.1) is 5.75 Å². The summed E-state index contributed by atoms with van der Waals surface area (Å²) in [5.41, 5.74) is 0. The molecule has 0 radical (unpaired) electrons. The van der Waals surface area contributed by atoms with E-state index in [1.165, 1.54) is 12.8 Å². The summed E-state index contributed by atoms with van der Waals surface area (Å²) in [7, 11) is 0. The van der Waals surface area contributed by atoms with Crippen molar-refractivity contribution < 1.29 is 4.79 Å². The van der Waals surface area contributed by atoms with Crippen LogP contribution >= 0.6 is 11.8 Å². The number of carbonyl (C=O) groups is 1. The topological polar surface area (TPSA) is 54.0 Å². The Labute approximate surface area is 118 Å². The van der Waals surface area contributed by atoms with Gasteiger partial charge in [0.1, 0.15) is 0 Å². The Morgan fingerprint density at radius 1 is 1.47 bits per heavy atom. The largest absolute Gasteiger partial charge is 0.355 e. The third-order valence-corrected chi connectivity index (χ3v) is 4.31. The summed E-state index contributed by atoms with van der Waals surface area (Å²) in [6, 6.07) is 3.84. The fourth-order valence-corrected chi connectivity index (χ4v) is 2.93. The molecule has 1 unspecified atom stereocenters. The number of nitrogens with one attached hydrogen (secondary N) is 2. The van der Waals surface area contributed by atoms with Gasteiger partial charge in [-0.05, 0) is 50.4 Å². The van der Waals surface area contributed by atoms with Crippen molar-refractivity contribution in [3.8, 4) is 0 Å². The molecular weight excluding hydrogens is 258 g/mol. The van der Waals surface area contributed by atoms with Crippen LogP contribution in [0.25, 0.3) is 0 Å². The molecule has 2 rings (SSSR count). The fourth-order valence-electron chi connectivity index (χ4n) is 2.22. The first-order valence-electron chi connectivity index (χ1n) is 6.85. The number of piperidine rings is 1. The van der Waals surface area contributed by atoms with Crippen molar-refractivity contribution in [2.24, 2.45) is 5.92 Å². The van der Waals surface area contributed by atoms with Crippen LogP contribution in [0.2, 0.25) is 0 Å². The molecule has 0 aliphatic carbocycles. The van der Waals surface area contributed by atoms with E-state index < -0.39 is 0 Å². The smallest absolute Gasteiger partial charge is 0.230 e. The van der Waals surface area contributed by atoms with Crippen LogP contribution < -0.4 is 10.6 Å². The maximum absolute atomic E-state index is 11.7. The number of amides is 1. The second-order valence-corrected chi connectivity index (χ2v) is 5.87. The van der Waals surface area contributed by atoms with Gasteiger partial charge in [-0.3, -0.25) is 9.78 Å². The maximum atomic E-state index is 11.7. The second kappa shape index (κ2) is 8.17. The van der Waals surface area contributed by atoms with Gasteiger partial charge in [0.25, 0.3) is 0 Å². The molecule has 0 aromatic carbocycles. The summed E-state index contributed by atoms with van der Waals surface area (Å²) in [5.74, 6) is 1.32. The van der Waals surface area contributed by atoms with Crippen LogP contribution in [0.15, 0.2) is 29.4 Å². The predicted octanol–water partition coefficient (Wildman–Crippen LogP) is 1.68. The lowest BCUT2D eigenvalue weighted by atomic mass is 9.96. The maximum Gasteiger partial charge on any atom is 0.230 e. The van der Waals surface area contributed by atoms with E-state index in [1.54, 1.807) is 24.2 Å². The summed E-state index contributed by atoms with van der Waals surface area (Å²) in [5, 5.41) is 6.39. The average Bonchev–Trinajstić information content (AvgIpc) is 2.47. The zero-order valence-corrected chi connectivity index (χ0v) is 11.9. The molecule has 0 bridgehead atoms. The van der Waals surface area contributed by atoms with Crippen molar-refractivity contribution >= 4 is 17.7 Å². The van der Waals surface area contributed by atoms with Gasteiger partial charge < -0.3 is 10.6 Å². The number of hydrogen-bond donors (Lipinski definition) is 2. The molecular formula is C14H21N3OS. The van der Waals surface area contributed by atoms with Gasteiger partial charge in [-0.15, -0.1) is 11.8 Å². The highest BCUT2D eigenvalue weighted by molar-refractivity contribution is 8.00. The van der Waals surface area contributed by atoms with Crippen LogP contribution in [0.1, 0.15) is 19.3 Å². The van der Waals surface area contributed by atoms with E-state index in [4.69, 9.17) is 0 Å². The molecule has 19 heavy (non-hydrogen) atoms. The Kier molecular flexibility index (Phi) is 6.17. The van der Waals surface area contributed by atoms with Gasteiger partial charge in [0, 0.05) is 23.8 Å². The highest BCUT2D eigenvalue weighted by atomic mass is 32.2. The van der Waals surface area contributed by atoms with E-state index in [2.05, 4.69) is 15.6 Å². The number of aromatic nitrogens is 1. The lowest BCUT2D eigenvalue weighted by molar-refractivity contribution is -0.118. The zero-order chi connectivity index (χ0) is 13.3. The van der Waals surface area contributed by atoms with Gasteiger partial charge in [0.15, 0.2) is 0 Å². The van der Waals surface area contributed by atoms with Crippen LogP contribution in [0, 0.1) is 5.92 Å². The first-order chi connectivity index (χ1) is 9.34. The molecule has 1 fully saturated rings. The lowest BCUT2D eigenvalue weighted by Gasteiger charge is -2.22. The molecule has 1 amide bonds. The van der Waals surface area contributed by atoms with E-state index in [9.17, 15) is 4.79 Å². The molecule has 1 atom stereocenters. The van der Waals surface area contributed by atoms with Crippen molar-refractivity contribution in [1.82, 2.24) is 15.6 Å². The van der Waals surface area contributed by atoms with E-state index >= 15 is 0 Å². The zero-order valence-electron chi connectivity index (χ0n) is 11.1. The predicted molar refractivity (Wildman–Crippen MR) is 78.2 cm³/mol. The minimum atomic E-state index is 0.116. The fraction of sp³-hybridized carbons (Fsp3) is 0.571. The SMILES string of the molecule is O=C(CSc1ccncc1)NCCC1CCCNC1. The molecule has 1 aromatic heterocycles. The van der Waals surface area contributed by atoms with E-state index in [0.29, 0.717) is 5.75 Å². The summed E-state index contributed by atoms with van der Waals surface area (Å²) in [6.07, 6.45) is 7.12. The molecule has 1 saturated heterocycles. The minimum absolute atomic E-state index is 0.116. The normalized spacial score (nSPS) is 19.1. The standard InChI is InChI=1S/C14H21N3OS/c18-14(11-19-13-4-7-15-8-5-13)17-9-3-12-2-1-6-16-10-12/h4-5,7-8,12,16H,1-3,6,9-11H2,(H,17,18). The van der Waals surface area contributed by atoms with Gasteiger partial charge in [0.2, 0.25) is 5.91 Å². The van der Waals surface area contributed by atoms with Crippen LogP contribution in [0.5, 0.6) is 0 Å². The van der Waals surface area contributed by atoms with E-state index in [1.807, 2.05) is 12.1 Å². The highest BCUT2D eigenvalue weighted by Gasteiger charge is 2.12. The molecule has 0 saturated carbocycles. The lowest BCUT2D eigenvalue weighted by Crippen LogP contribution is -2.33. The van der Waals surface area contributed by atoms with Gasteiger partial charge >= 0.3 is 0 Å². The second-order valence-electron chi connectivity index (χ2n) is 4.82. The summed E-state index contributed by atoms with van der Waals surface area (Å²) >= 11 is 1.55. The molecule has 4 nitrogen and oxygen atoms in total. The van der Waals surface area contributed by atoms with Gasteiger partial charge in [-0.2, -0.15) is 0 Å². The van der Waals surface area contributed by atoms with Crippen LogP contribution in [-0.4, -0.2) is 36.3 Å².